The van der Waals surface area contributed by atoms with Crippen molar-refractivity contribution in [3.8, 4) is 11.1 Å². The summed E-state index contributed by atoms with van der Waals surface area (Å²) in [6.07, 6.45) is 1.64. The number of ether oxygens (including phenoxy) is 1. The van der Waals surface area contributed by atoms with Crippen LogP contribution in [0.3, 0.4) is 0 Å². The van der Waals surface area contributed by atoms with Crippen molar-refractivity contribution in [3.05, 3.63) is 54.2 Å². The molecular weight excluding hydrogens is 296 g/mol. The van der Waals surface area contributed by atoms with Gasteiger partial charge in [0.05, 0.1) is 23.9 Å². The number of aromatic nitrogens is 1. The van der Waals surface area contributed by atoms with E-state index in [1.165, 1.54) is 17.6 Å². The van der Waals surface area contributed by atoms with Crippen molar-refractivity contribution in [3.63, 3.8) is 0 Å². The Balaban J connectivity index is 2.01. The lowest BCUT2D eigenvalue weighted by Gasteiger charge is -2.21. The fourth-order valence-corrected chi connectivity index (χ4v) is 3.57. The molecule has 108 valence electrons. The van der Waals surface area contributed by atoms with Crippen molar-refractivity contribution in [2.45, 2.75) is 4.90 Å². The first-order chi connectivity index (χ1) is 10.8. The fraction of sp³-hybridized carbons (Fsp3) is 0.0588. The van der Waals surface area contributed by atoms with Gasteiger partial charge < -0.3 is 9.46 Å². The number of fused-ring (bicyclic) bond motifs is 5. The van der Waals surface area contributed by atoms with Crippen LogP contribution in [-0.4, -0.2) is 18.1 Å². The highest BCUT2D eigenvalue weighted by Crippen LogP contribution is 2.44. The lowest BCUT2D eigenvalue weighted by atomic mass is 9.99. The average Bonchev–Trinajstić information content (AvgIpc) is 2.59. The number of carbonyl (C=O) groups excluding carboxylic acids is 1. The quantitative estimate of drug-likeness (QED) is 0.541. The van der Waals surface area contributed by atoms with E-state index < -0.39 is 0 Å². The van der Waals surface area contributed by atoms with E-state index in [9.17, 15) is 4.79 Å². The summed E-state index contributed by atoms with van der Waals surface area (Å²) in [5.41, 5.74) is 4.51. The van der Waals surface area contributed by atoms with Crippen LogP contribution in [-0.2, 0) is 4.74 Å². The van der Waals surface area contributed by atoms with Crippen LogP contribution in [0.4, 0.5) is 5.69 Å². The normalized spacial score (nSPS) is 12.2. The van der Waals surface area contributed by atoms with E-state index in [1.807, 2.05) is 24.3 Å². The minimum absolute atomic E-state index is 0.351. The van der Waals surface area contributed by atoms with Gasteiger partial charge >= 0.3 is 5.97 Å². The molecule has 0 amide bonds. The van der Waals surface area contributed by atoms with Crippen LogP contribution in [0.1, 0.15) is 10.4 Å². The topological polar surface area (TPSA) is 51.2 Å². The molecule has 0 atom stereocenters. The van der Waals surface area contributed by atoms with Gasteiger partial charge in [-0.15, -0.1) is 0 Å². The second kappa shape index (κ2) is 5.03. The highest BCUT2D eigenvalue weighted by Gasteiger charge is 2.21. The van der Waals surface area contributed by atoms with Crippen LogP contribution in [0.15, 0.2) is 53.6 Å². The molecule has 0 unspecified atom stereocenters. The second-order valence-electron chi connectivity index (χ2n) is 4.93. The highest BCUT2D eigenvalue weighted by atomic mass is 32.2. The highest BCUT2D eigenvalue weighted by molar-refractivity contribution is 8.00. The zero-order valence-electron chi connectivity index (χ0n) is 11.8. The summed E-state index contributed by atoms with van der Waals surface area (Å²) in [7, 11) is 1.39. The minimum Gasteiger partial charge on any atom is -0.465 e. The van der Waals surface area contributed by atoms with Gasteiger partial charge in [-0.25, -0.2) is 4.79 Å². The molecule has 0 fully saturated rings. The third-order valence-electron chi connectivity index (χ3n) is 3.76. The van der Waals surface area contributed by atoms with Crippen LogP contribution in [0.5, 0.6) is 0 Å². The summed E-state index contributed by atoms with van der Waals surface area (Å²) in [4.78, 5) is 17.6. The number of anilines is 1. The van der Waals surface area contributed by atoms with Crippen LogP contribution < -0.4 is 4.72 Å². The Labute approximate surface area is 131 Å². The number of rotatable bonds is 1. The molecule has 0 aliphatic carbocycles. The third kappa shape index (κ3) is 1.86. The molecule has 2 aromatic carbocycles. The van der Waals surface area contributed by atoms with E-state index in [2.05, 4.69) is 21.8 Å². The number of methoxy groups -OCH3 is 1. The molecule has 1 aliphatic rings. The van der Waals surface area contributed by atoms with E-state index in [1.54, 1.807) is 24.2 Å². The molecule has 1 aliphatic heterocycles. The molecule has 0 spiro atoms. The lowest BCUT2D eigenvalue weighted by Crippen LogP contribution is -2.05. The predicted octanol–water partition coefficient (Wildman–Crippen LogP) is 4.12. The summed E-state index contributed by atoms with van der Waals surface area (Å²) in [5, 5.41) is 0.792. The Kier molecular flexibility index (Phi) is 3.01. The minimum atomic E-state index is -0.351. The number of benzene rings is 2. The molecule has 0 bridgehead atoms. The first-order valence-corrected chi connectivity index (χ1v) is 7.63. The van der Waals surface area contributed by atoms with Gasteiger partial charge in [-0.2, -0.15) is 0 Å². The molecule has 1 N–H and O–H groups in total. The van der Waals surface area contributed by atoms with E-state index in [-0.39, 0.29) is 5.97 Å². The molecule has 0 saturated carbocycles. The Hall–Kier alpha value is -2.53. The Morgan fingerprint density at radius 1 is 1.14 bits per heavy atom. The molecule has 0 radical (unpaired) electrons. The number of hydrogen-bond acceptors (Lipinski definition) is 5. The standard InChI is InChI=1S/C17H12N2O2S/c1-21-17(20)13-8-9-18-15-12(13)7-6-11-10-4-2-3-5-14(10)22-19-16(11)15/h2-9,19H,1H3. The van der Waals surface area contributed by atoms with Crippen molar-refractivity contribution in [2.75, 3.05) is 11.8 Å². The largest absolute Gasteiger partial charge is 0.465 e. The van der Waals surface area contributed by atoms with Gasteiger partial charge in [0.1, 0.15) is 0 Å². The van der Waals surface area contributed by atoms with E-state index in [4.69, 9.17) is 4.74 Å². The molecular formula is C17H12N2O2S. The molecule has 5 heteroatoms. The predicted molar refractivity (Wildman–Crippen MR) is 88.0 cm³/mol. The van der Waals surface area contributed by atoms with Crippen LogP contribution >= 0.6 is 11.9 Å². The lowest BCUT2D eigenvalue weighted by molar-refractivity contribution is 0.0603. The smallest absolute Gasteiger partial charge is 0.338 e. The van der Waals surface area contributed by atoms with Crippen LogP contribution in [0.2, 0.25) is 0 Å². The molecule has 3 aromatic rings. The van der Waals surface area contributed by atoms with Crippen molar-refractivity contribution in [2.24, 2.45) is 0 Å². The number of hydrogen-bond donors (Lipinski definition) is 1. The zero-order chi connectivity index (χ0) is 15.1. The Bertz CT molecular complexity index is 908. The Morgan fingerprint density at radius 2 is 2.00 bits per heavy atom. The van der Waals surface area contributed by atoms with Gasteiger partial charge in [-0.05, 0) is 29.6 Å². The summed E-state index contributed by atoms with van der Waals surface area (Å²) >= 11 is 1.56. The van der Waals surface area contributed by atoms with Crippen molar-refractivity contribution < 1.29 is 9.53 Å². The second-order valence-corrected chi connectivity index (χ2v) is 5.78. The van der Waals surface area contributed by atoms with E-state index in [0.29, 0.717) is 5.56 Å². The van der Waals surface area contributed by atoms with Crippen LogP contribution in [0, 0.1) is 0 Å². The monoisotopic (exact) mass is 308 g/mol. The number of carbonyl (C=O) groups is 1. The number of esters is 1. The molecule has 0 saturated heterocycles. The van der Waals surface area contributed by atoms with Crippen molar-refractivity contribution >= 4 is 34.5 Å². The van der Waals surface area contributed by atoms with Gasteiger partial charge in [-0.3, -0.25) is 4.98 Å². The molecule has 4 rings (SSSR count). The summed E-state index contributed by atoms with van der Waals surface area (Å²) in [6, 6.07) is 13.9. The molecule has 22 heavy (non-hydrogen) atoms. The van der Waals surface area contributed by atoms with E-state index >= 15 is 0 Å². The maximum Gasteiger partial charge on any atom is 0.338 e. The maximum absolute atomic E-state index is 11.9. The third-order valence-corrected chi connectivity index (χ3v) is 4.64. The first-order valence-electron chi connectivity index (χ1n) is 6.82. The van der Waals surface area contributed by atoms with Crippen LogP contribution in [0.25, 0.3) is 22.0 Å². The van der Waals surface area contributed by atoms with Crippen molar-refractivity contribution in [1.82, 2.24) is 4.98 Å². The maximum atomic E-state index is 11.9. The van der Waals surface area contributed by atoms with Gasteiger partial charge in [0, 0.05) is 22.0 Å². The number of nitrogens with zero attached hydrogens (tertiary/aromatic N) is 1. The number of pyridine rings is 1. The average molecular weight is 308 g/mol. The van der Waals surface area contributed by atoms with Gasteiger partial charge in [-0.1, -0.05) is 30.3 Å². The summed E-state index contributed by atoms with van der Waals surface area (Å²) < 4.78 is 8.20. The zero-order valence-corrected chi connectivity index (χ0v) is 12.6. The van der Waals surface area contributed by atoms with Gasteiger partial charge in [0.15, 0.2) is 0 Å². The number of nitrogens with one attached hydrogen (secondary N) is 1. The first kappa shape index (κ1) is 13.2. The molecule has 1 aromatic heterocycles. The Morgan fingerprint density at radius 3 is 2.86 bits per heavy atom. The van der Waals surface area contributed by atoms with E-state index in [0.717, 1.165) is 22.2 Å². The van der Waals surface area contributed by atoms with Crippen molar-refractivity contribution in [1.29, 1.82) is 0 Å². The van der Waals surface area contributed by atoms with Gasteiger partial charge in [0.2, 0.25) is 0 Å². The summed E-state index contributed by atoms with van der Waals surface area (Å²) in [6.45, 7) is 0. The molecule has 4 nitrogen and oxygen atoms in total. The molecule has 2 heterocycles. The van der Waals surface area contributed by atoms with Gasteiger partial charge in [0.25, 0.3) is 0 Å². The fourth-order valence-electron chi connectivity index (χ4n) is 2.72. The SMILES string of the molecule is COC(=O)c1ccnc2c3c(ccc12)-c1ccccc1SN3. The summed E-state index contributed by atoms with van der Waals surface area (Å²) in [5.74, 6) is -0.351.